The third-order valence-corrected chi connectivity index (χ3v) is 5.41. The molecule has 21 heavy (non-hydrogen) atoms. The minimum absolute atomic E-state index is 0.111. The summed E-state index contributed by atoms with van der Waals surface area (Å²) in [6.45, 7) is 3.04. The Morgan fingerprint density at radius 3 is 2.52 bits per heavy atom. The van der Waals surface area contributed by atoms with E-state index in [1.54, 1.807) is 0 Å². The van der Waals surface area contributed by atoms with Crippen molar-refractivity contribution in [3.63, 3.8) is 0 Å². The van der Waals surface area contributed by atoms with Gasteiger partial charge in [-0.25, -0.2) is 0 Å². The topological polar surface area (TPSA) is 41.5 Å². The fraction of sp³-hybridized carbons (Fsp3) is 0.667. The number of hydrogen-bond acceptors (Lipinski definition) is 3. The van der Waals surface area contributed by atoms with Crippen molar-refractivity contribution >= 4 is 5.69 Å². The molecule has 3 nitrogen and oxygen atoms in total. The van der Waals surface area contributed by atoms with Crippen molar-refractivity contribution in [2.24, 2.45) is 5.41 Å². The zero-order valence-corrected chi connectivity index (χ0v) is 13.0. The first kappa shape index (κ1) is 14.9. The Morgan fingerprint density at radius 1 is 1.19 bits per heavy atom. The molecule has 0 bridgehead atoms. The molecule has 3 heteroatoms. The van der Waals surface area contributed by atoms with E-state index in [1.807, 2.05) is 12.1 Å². The SMILES string of the molecule is CCOC1CC(Nc2ccc(CO)cc2)C12CCCCC2. The number of hydrogen-bond donors (Lipinski definition) is 2. The Labute approximate surface area is 127 Å². The van der Waals surface area contributed by atoms with Gasteiger partial charge in [-0.1, -0.05) is 31.4 Å². The van der Waals surface area contributed by atoms with Gasteiger partial charge in [-0.2, -0.15) is 0 Å². The van der Waals surface area contributed by atoms with Crippen LogP contribution >= 0.6 is 0 Å². The molecule has 0 radical (unpaired) electrons. The zero-order chi connectivity index (χ0) is 14.7. The molecule has 2 aliphatic carbocycles. The second-order valence-corrected chi connectivity index (χ2v) is 6.53. The van der Waals surface area contributed by atoms with Crippen LogP contribution < -0.4 is 5.32 Å². The van der Waals surface area contributed by atoms with Gasteiger partial charge in [0.1, 0.15) is 0 Å². The van der Waals surface area contributed by atoms with Crippen molar-refractivity contribution in [3.8, 4) is 0 Å². The van der Waals surface area contributed by atoms with Crippen molar-refractivity contribution in [3.05, 3.63) is 29.8 Å². The van der Waals surface area contributed by atoms with Gasteiger partial charge in [0.15, 0.2) is 0 Å². The second-order valence-electron chi connectivity index (χ2n) is 6.53. The van der Waals surface area contributed by atoms with Crippen molar-refractivity contribution in [2.75, 3.05) is 11.9 Å². The molecule has 2 N–H and O–H groups in total. The van der Waals surface area contributed by atoms with Crippen LogP contribution in [0.1, 0.15) is 51.0 Å². The van der Waals surface area contributed by atoms with Crippen LogP contribution in [-0.4, -0.2) is 23.9 Å². The van der Waals surface area contributed by atoms with Gasteiger partial charge in [-0.05, 0) is 43.9 Å². The summed E-state index contributed by atoms with van der Waals surface area (Å²) in [5.41, 5.74) is 2.48. The lowest BCUT2D eigenvalue weighted by Gasteiger charge is -2.58. The Morgan fingerprint density at radius 2 is 1.90 bits per heavy atom. The number of aliphatic hydroxyl groups excluding tert-OH is 1. The molecule has 0 aliphatic heterocycles. The van der Waals surface area contributed by atoms with Crippen molar-refractivity contribution in [1.29, 1.82) is 0 Å². The van der Waals surface area contributed by atoms with Crippen molar-refractivity contribution in [2.45, 2.75) is 64.2 Å². The molecule has 2 fully saturated rings. The highest BCUT2D eigenvalue weighted by molar-refractivity contribution is 5.47. The molecule has 2 aliphatic rings. The number of benzene rings is 1. The molecule has 116 valence electrons. The maximum atomic E-state index is 9.12. The lowest BCUT2D eigenvalue weighted by Crippen LogP contribution is -2.62. The van der Waals surface area contributed by atoms with Crippen LogP contribution in [0.15, 0.2) is 24.3 Å². The Hall–Kier alpha value is -1.06. The molecular weight excluding hydrogens is 262 g/mol. The standard InChI is InChI=1S/C18H27NO2/c1-2-21-17-12-16(18(17)10-4-3-5-11-18)19-15-8-6-14(13-20)7-9-15/h6-9,16-17,19-20H,2-5,10-13H2,1H3. The average molecular weight is 289 g/mol. The lowest BCUT2D eigenvalue weighted by atomic mass is 9.55. The quantitative estimate of drug-likeness (QED) is 0.868. The Kier molecular flexibility index (Phi) is 4.51. The van der Waals surface area contributed by atoms with Crippen LogP contribution in [-0.2, 0) is 11.3 Å². The largest absolute Gasteiger partial charge is 0.392 e. The highest BCUT2D eigenvalue weighted by Gasteiger charge is 2.55. The van der Waals surface area contributed by atoms with Crippen LogP contribution in [0.25, 0.3) is 0 Å². The highest BCUT2D eigenvalue weighted by atomic mass is 16.5. The molecule has 1 aromatic carbocycles. The molecule has 0 aromatic heterocycles. The van der Waals surface area contributed by atoms with E-state index in [1.165, 1.54) is 32.1 Å². The van der Waals surface area contributed by atoms with Gasteiger partial charge in [-0.15, -0.1) is 0 Å². The predicted octanol–water partition coefficient (Wildman–Crippen LogP) is 3.72. The third-order valence-electron chi connectivity index (χ3n) is 5.41. The van der Waals surface area contributed by atoms with Gasteiger partial charge >= 0.3 is 0 Å². The van der Waals surface area contributed by atoms with E-state index in [2.05, 4.69) is 24.4 Å². The first-order chi connectivity index (χ1) is 10.3. The number of nitrogens with one attached hydrogen (secondary N) is 1. The monoisotopic (exact) mass is 289 g/mol. The number of anilines is 1. The summed E-state index contributed by atoms with van der Waals surface area (Å²) in [5, 5.41) is 12.8. The van der Waals surface area contributed by atoms with E-state index in [-0.39, 0.29) is 6.61 Å². The normalized spacial score (nSPS) is 27.3. The third kappa shape index (κ3) is 2.82. The zero-order valence-electron chi connectivity index (χ0n) is 13.0. The van der Waals surface area contributed by atoms with Gasteiger partial charge in [0.2, 0.25) is 0 Å². The summed E-state index contributed by atoms with van der Waals surface area (Å²) >= 11 is 0. The molecule has 2 atom stereocenters. The smallest absolute Gasteiger partial charge is 0.0681 e. The van der Waals surface area contributed by atoms with E-state index in [4.69, 9.17) is 9.84 Å². The van der Waals surface area contributed by atoms with E-state index in [9.17, 15) is 0 Å². The van der Waals surface area contributed by atoms with E-state index in [0.29, 0.717) is 17.6 Å². The Balaban J connectivity index is 1.69. The predicted molar refractivity (Wildman–Crippen MR) is 85.3 cm³/mol. The van der Waals surface area contributed by atoms with E-state index in [0.717, 1.165) is 24.3 Å². The maximum Gasteiger partial charge on any atom is 0.0681 e. The average Bonchev–Trinajstić information content (AvgIpc) is 2.55. The van der Waals surface area contributed by atoms with E-state index < -0.39 is 0 Å². The van der Waals surface area contributed by atoms with Gasteiger partial charge in [0, 0.05) is 23.8 Å². The molecule has 1 aromatic rings. The van der Waals surface area contributed by atoms with Gasteiger partial charge in [0.25, 0.3) is 0 Å². The van der Waals surface area contributed by atoms with Crippen LogP contribution in [0.4, 0.5) is 5.69 Å². The highest BCUT2D eigenvalue weighted by Crippen LogP contribution is 2.54. The molecular formula is C18H27NO2. The fourth-order valence-electron chi connectivity index (χ4n) is 4.17. The lowest BCUT2D eigenvalue weighted by molar-refractivity contribution is -0.134. The van der Waals surface area contributed by atoms with Crippen LogP contribution in [0, 0.1) is 5.41 Å². The minimum atomic E-state index is 0.111. The molecule has 2 saturated carbocycles. The summed E-state index contributed by atoms with van der Waals surface area (Å²) in [6.07, 6.45) is 8.20. The van der Waals surface area contributed by atoms with Gasteiger partial charge < -0.3 is 15.2 Å². The first-order valence-corrected chi connectivity index (χ1v) is 8.36. The maximum absolute atomic E-state index is 9.12. The van der Waals surface area contributed by atoms with Crippen LogP contribution in [0.3, 0.4) is 0 Å². The minimum Gasteiger partial charge on any atom is -0.392 e. The summed E-state index contributed by atoms with van der Waals surface area (Å²) in [6, 6.07) is 8.68. The van der Waals surface area contributed by atoms with Gasteiger partial charge in [-0.3, -0.25) is 0 Å². The molecule has 3 rings (SSSR count). The molecule has 2 unspecified atom stereocenters. The second kappa shape index (κ2) is 6.37. The number of aliphatic hydroxyl groups is 1. The summed E-state index contributed by atoms with van der Waals surface area (Å²) in [7, 11) is 0. The van der Waals surface area contributed by atoms with Crippen LogP contribution in [0.2, 0.25) is 0 Å². The van der Waals surface area contributed by atoms with Crippen molar-refractivity contribution < 1.29 is 9.84 Å². The van der Waals surface area contributed by atoms with E-state index >= 15 is 0 Å². The number of rotatable bonds is 5. The summed E-state index contributed by atoms with van der Waals surface area (Å²) in [4.78, 5) is 0. The van der Waals surface area contributed by atoms with Crippen molar-refractivity contribution in [1.82, 2.24) is 0 Å². The summed E-state index contributed by atoms with van der Waals surface area (Å²) < 4.78 is 6.00. The number of ether oxygens (including phenoxy) is 1. The Bertz CT molecular complexity index is 451. The summed E-state index contributed by atoms with van der Waals surface area (Å²) in [5.74, 6) is 0. The molecule has 0 heterocycles. The van der Waals surface area contributed by atoms with Crippen LogP contribution in [0.5, 0.6) is 0 Å². The van der Waals surface area contributed by atoms with Gasteiger partial charge in [0.05, 0.1) is 12.7 Å². The first-order valence-electron chi connectivity index (χ1n) is 8.36. The molecule has 0 saturated heterocycles. The fourth-order valence-corrected chi connectivity index (χ4v) is 4.17. The molecule has 0 amide bonds. The molecule has 1 spiro atoms.